The Morgan fingerprint density at radius 3 is 2.52 bits per heavy atom. The molecule has 0 spiro atoms. The maximum absolute atomic E-state index is 6.15. The summed E-state index contributed by atoms with van der Waals surface area (Å²) in [6, 6.07) is 12.0. The van der Waals surface area contributed by atoms with Crippen LogP contribution in [0.4, 0.5) is 5.69 Å². The third-order valence-corrected chi connectivity index (χ3v) is 3.85. The summed E-state index contributed by atoms with van der Waals surface area (Å²) in [5.74, 6) is 1.60. The van der Waals surface area contributed by atoms with Crippen molar-refractivity contribution in [1.29, 1.82) is 0 Å². The largest absolute Gasteiger partial charge is 0.490 e. The minimum Gasteiger partial charge on any atom is -0.490 e. The molecule has 0 amide bonds. The second-order valence-corrected chi connectivity index (χ2v) is 5.79. The lowest BCUT2D eigenvalue weighted by molar-refractivity contribution is 0.276. The van der Waals surface area contributed by atoms with E-state index in [9.17, 15) is 0 Å². The monoisotopic (exact) mass is 333 g/mol. The van der Waals surface area contributed by atoms with Gasteiger partial charge in [-0.1, -0.05) is 30.7 Å². The molecule has 3 nitrogen and oxygen atoms in total. The highest BCUT2D eigenvalue weighted by Crippen LogP contribution is 2.29. The Labute approximate surface area is 143 Å². The molecule has 0 saturated heterocycles. The van der Waals surface area contributed by atoms with Crippen molar-refractivity contribution in [3.63, 3.8) is 0 Å². The van der Waals surface area contributed by atoms with Gasteiger partial charge in [0, 0.05) is 17.3 Å². The minimum absolute atomic E-state index is 0.618. The lowest BCUT2D eigenvalue weighted by Gasteiger charge is -2.14. The first-order chi connectivity index (χ1) is 11.1. The zero-order valence-electron chi connectivity index (χ0n) is 14.0. The summed E-state index contributed by atoms with van der Waals surface area (Å²) < 4.78 is 11.4. The van der Waals surface area contributed by atoms with Gasteiger partial charge in [-0.25, -0.2) is 0 Å². The van der Waals surface area contributed by atoms with Crippen LogP contribution in [0.15, 0.2) is 36.4 Å². The molecule has 0 fully saturated rings. The van der Waals surface area contributed by atoms with Crippen molar-refractivity contribution in [3.05, 3.63) is 52.5 Å². The second-order valence-electron chi connectivity index (χ2n) is 5.38. The second kappa shape index (κ2) is 8.68. The summed E-state index contributed by atoms with van der Waals surface area (Å²) in [5, 5.41) is 4.15. The van der Waals surface area contributed by atoms with E-state index >= 15 is 0 Å². The Kier molecular flexibility index (Phi) is 6.60. The fourth-order valence-corrected chi connectivity index (χ4v) is 2.35. The van der Waals surface area contributed by atoms with Gasteiger partial charge in [0.1, 0.15) is 0 Å². The molecule has 0 heterocycles. The fraction of sp³-hybridized carbons (Fsp3) is 0.368. The van der Waals surface area contributed by atoms with Gasteiger partial charge in [-0.15, -0.1) is 0 Å². The van der Waals surface area contributed by atoms with Crippen molar-refractivity contribution >= 4 is 17.3 Å². The van der Waals surface area contributed by atoms with Crippen molar-refractivity contribution in [3.8, 4) is 11.5 Å². The number of aryl methyl sites for hydroxylation is 1. The Morgan fingerprint density at radius 1 is 1.00 bits per heavy atom. The van der Waals surface area contributed by atoms with Crippen LogP contribution in [0.3, 0.4) is 0 Å². The summed E-state index contributed by atoms with van der Waals surface area (Å²) in [4.78, 5) is 0. The van der Waals surface area contributed by atoms with Gasteiger partial charge in [0.2, 0.25) is 0 Å². The van der Waals surface area contributed by atoms with E-state index in [0.29, 0.717) is 19.8 Å². The van der Waals surface area contributed by atoms with Gasteiger partial charge >= 0.3 is 0 Å². The molecule has 2 rings (SSSR count). The number of hydrogen-bond donors (Lipinski definition) is 1. The predicted octanol–water partition coefficient (Wildman–Crippen LogP) is 5.45. The molecular formula is C19H24ClNO2. The third kappa shape index (κ3) is 5.07. The number of anilines is 1. The van der Waals surface area contributed by atoms with Crippen molar-refractivity contribution in [2.75, 3.05) is 18.5 Å². The van der Waals surface area contributed by atoms with Crippen LogP contribution in [-0.2, 0) is 6.54 Å². The molecule has 1 N–H and O–H groups in total. The van der Waals surface area contributed by atoms with Gasteiger partial charge in [0.25, 0.3) is 0 Å². The molecule has 0 unspecified atom stereocenters. The fourth-order valence-electron chi connectivity index (χ4n) is 2.17. The van der Waals surface area contributed by atoms with E-state index in [2.05, 4.69) is 18.3 Å². The topological polar surface area (TPSA) is 30.5 Å². The van der Waals surface area contributed by atoms with Gasteiger partial charge in [-0.2, -0.15) is 0 Å². The minimum atomic E-state index is 0.618. The van der Waals surface area contributed by atoms with E-state index < -0.39 is 0 Å². The van der Waals surface area contributed by atoms with Crippen LogP contribution in [0.2, 0.25) is 5.02 Å². The Bertz CT molecular complexity index is 643. The molecule has 23 heavy (non-hydrogen) atoms. The first-order valence-electron chi connectivity index (χ1n) is 8.02. The van der Waals surface area contributed by atoms with Gasteiger partial charge in [0.05, 0.1) is 13.2 Å². The molecular weight excluding hydrogens is 310 g/mol. The maximum Gasteiger partial charge on any atom is 0.161 e. The molecule has 0 atom stereocenters. The molecule has 2 aromatic carbocycles. The maximum atomic E-state index is 6.15. The normalized spacial score (nSPS) is 10.4. The number of halogens is 1. The van der Waals surface area contributed by atoms with E-state index in [1.165, 1.54) is 0 Å². The quantitative estimate of drug-likeness (QED) is 0.697. The van der Waals surface area contributed by atoms with Gasteiger partial charge in [-0.3, -0.25) is 0 Å². The molecule has 0 aliphatic heterocycles. The first kappa shape index (κ1) is 17.5. The lowest BCUT2D eigenvalue weighted by Crippen LogP contribution is -2.03. The number of nitrogens with one attached hydrogen (secondary N) is 1. The molecule has 2 aromatic rings. The van der Waals surface area contributed by atoms with Crippen LogP contribution >= 0.6 is 11.6 Å². The summed E-state index contributed by atoms with van der Waals surface area (Å²) in [6.07, 6.45) is 0.975. The highest BCUT2D eigenvalue weighted by atomic mass is 35.5. The Hall–Kier alpha value is -1.87. The van der Waals surface area contributed by atoms with Crippen molar-refractivity contribution in [1.82, 2.24) is 0 Å². The predicted molar refractivity (Wildman–Crippen MR) is 96.9 cm³/mol. The first-order valence-corrected chi connectivity index (χ1v) is 8.40. The van der Waals surface area contributed by atoms with E-state index in [1.807, 2.05) is 44.2 Å². The smallest absolute Gasteiger partial charge is 0.161 e. The SMILES string of the molecule is CCCOc1ccc(CNc2ccc(C)c(Cl)c2)cc1OCC. The van der Waals surface area contributed by atoms with Gasteiger partial charge in [0.15, 0.2) is 11.5 Å². The van der Waals surface area contributed by atoms with Crippen LogP contribution in [0, 0.1) is 6.92 Å². The van der Waals surface area contributed by atoms with E-state index in [4.69, 9.17) is 21.1 Å². The molecule has 0 aromatic heterocycles. The molecule has 124 valence electrons. The summed E-state index contributed by atoms with van der Waals surface area (Å²) >= 11 is 6.15. The van der Waals surface area contributed by atoms with Crippen LogP contribution < -0.4 is 14.8 Å². The Morgan fingerprint density at radius 2 is 1.83 bits per heavy atom. The molecule has 4 heteroatoms. The molecule has 0 radical (unpaired) electrons. The molecule has 0 bridgehead atoms. The van der Waals surface area contributed by atoms with Crippen molar-refractivity contribution in [2.24, 2.45) is 0 Å². The van der Waals surface area contributed by atoms with E-state index in [-0.39, 0.29) is 0 Å². The van der Waals surface area contributed by atoms with Gasteiger partial charge in [-0.05, 0) is 55.7 Å². The number of benzene rings is 2. The standard InChI is InChI=1S/C19H24ClNO2/c1-4-10-23-18-9-7-15(11-19(18)22-5-2)13-21-16-8-6-14(3)17(20)12-16/h6-9,11-12,21H,4-5,10,13H2,1-3H3. The number of ether oxygens (including phenoxy) is 2. The third-order valence-electron chi connectivity index (χ3n) is 3.44. The summed E-state index contributed by atoms with van der Waals surface area (Å²) in [5.41, 5.74) is 3.21. The molecule has 0 saturated carbocycles. The zero-order chi connectivity index (χ0) is 16.7. The molecule has 0 aliphatic rings. The number of hydrogen-bond acceptors (Lipinski definition) is 3. The highest BCUT2D eigenvalue weighted by molar-refractivity contribution is 6.31. The zero-order valence-corrected chi connectivity index (χ0v) is 14.7. The highest BCUT2D eigenvalue weighted by Gasteiger charge is 2.07. The lowest BCUT2D eigenvalue weighted by atomic mass is 10.2. The summed E-state index contributed by atoms with van der Waals surface area (Å²) in [7, 11) is 0. The Balaban J connectivity index is 2.06. The number of rotatable bonds is 8. The van der Waals surface area contributed by atoms with Crippen molar-refractivity contribution < 1.29 is 9.47 Å². The average Bonchev–Trinajstić information content (AvgIpc) is 2.55. The van der Waals surface area contributed by atoms with Crippen molar-refractivity contribution in [2.45, 2.75) is 33.7 Å². The van der Waals surface area contributed by atoms with Crippen LogP contribution in [0.5, 0.6) is 11.5 Å². The average molecular weight is 334 g/mol. The summed E-state index contributed by atoms with van der Waals surface area (Å²) in [6.45, 7) is 8.07. The van der Waals surface area contributed by atoms with Crippen LogP contribution in [0.1, 0.15) is 31.4 Å². The van der Waals surface area contributed by atoms with E-state index in [0.717, 1.165) is 39.8 Å². The molecule has 0 aliphatic carbocycles. The van der Waals surface area contributed by atoms with Crippen LogP contribution in [-0.4, -0.2) is 13.2 Å². The van der Waals surface area contributed by atoms with Gasteiger partial charge < -0.3 is 14.8 Å². The van der Waals surface area contributed by atoms with E-state index in [1.54, 1.807) is 0 Å². The van der Waals surface area contributed by atoms with Crippen LogP contribution in [0.25, 0.3) is 0 Å².